The molecule has 2 rings (SSSR count). The molecule has 120 valence electrons. The van der Waals surface area contributed by atoms with Gasteiger partial charge in [-0.3, -0.25) is 0 Å². The van der Waals surface area contributed by atoms with Gasteiger partial charge in [-0.2, -0.15) is 0 Å². The molecule has 0 nitrogen and oxygen atoms in total. The molecule has 22 heavy (non-hydrogen) atoms. The first kappa shape index (κ1) is 17.1. The van der Waals surface area contributed by atoms with Crippen molar-refractivity contribution < 1.29 is 0 Å². The van der Waals surface area contributed by atoms with Gasteiger partial charge in [-0.25, -0.2) is 0 Å². The lowest BCUT2D eigenvalue weighted by atomic mass is 9.76. The SMILES string of the molecule is CCc1c(C(C)C)c(C(C)C)c(C(C)C)c2cccc(C)c12. The van der Waals surface area contributed by atoms with Crippen LogP contribution < -0.4 is 0 Å². The summed E-state index contributed by atoms with van der Waals surface area (Å²) in [5.74, 6) is 1.71. The van der Waals surface area contributed by atoms with Gasteiger partial charge in [0.2, 0.25) is 0 Å². The van der Waals surface area contributed by atoms with Crippen molar-refractivity contribution in [2.45, 2.75) is 79.6 Å². The zero-order chi connectivity index (χ0) is 16.6. The molecule has 0 aliphatic carbocycles. The molecule has 0 bridgehead atoms. The van der Waals surface area contributed by atoms with Crippen molar-refractivity contribution in [3.8, 4) is 0 Å². The molecule has 2 aromatic carbocycles. The molecule has 2 aromatic rings. The summed E-state index contributed by atoms with van der Waals surface area (Å²) in [6.45, 7) is 18.7. The minimum Gasteiger partial charge on any atom is -0.0614 e. The maximum atomic E-state index is 2.36. The van der Waals surface area contributed by atoms with E-state index in [0.29, 0.717) is 17.8 Å². The normalized spacial score (nSPS) is 12.1. The summed E-state index contributed by atoms with van der Waals surface area (Å²) in [6, 6.07) is 6.83. The third-order valence-corrected chi connectivity index (χ3v) is 4.86. The van der Waals surface area contributed by atoms with E-state index in [-0.39, 0.29) is 0 Å². The van der Waals surface area contributed by atoms with Crippen LogP contribution in [0.5, 0.6) is 0 Å². The van der Waals surface area contributed by atoms with Gasteiger partial charge >= 0.3 is 0 Å². The maximum absolute atomic E-state index is 2.36. The third-order valence-electron chi connectivity index (χ3n) is 4.86. The third kappa shape index (κ3) is 2.69. The average molecular weight is 296 g/mol. The van der Waals surface area contributed by atoms with Crippen LogP contribution in [0.2, 0.25) is 0 Å². The number of fused-ring (bicyclic) bond motifs is 1. The fraction of sp³-hybridized carbons (Fsp3) is 0.545. The van der Waals surface area contributed by atoms with Gasteiger partial charge in [-0.1, -0.05) is 66.7 Å². The molecule has 0 aliphatic rings. The average Bonchev–Trinajstić information content (AvgIpc) is 2.44. The Balaban J connectivity index is 3.13. The summed E-state index contributed by atoms with van der Waals surface area (Å²) >= 11 is 0. The lowest BCUT2D eigenvalue weighted by molar-refractivity contribution is 0.746. The fourth-order valence-electron chi connectivity index (χ4n) is 4.15. The second-order valence-corrected chi connectivity index (χ2v) is 7.53. The molecular formula is C22H32. The van der Waals surface area contributed by atoms with Gasteiger partial charge in [0.25, 0.3) is 0 Å². The van der Waals surface area contributed by atoms with E-state index in [4.69, 9.17) is 0 Å². The van der Waals surface area contributed by atoms with Crippen LogP contribution in [-0.4, -0.2) is 0 Å². The lowest BCUT2D eigenvalue weighted by Gasteiger charge is -2.29. The summed E-state index contributed by atoms with van der Waals surface area (Å²) in [4.78, 5) is 0. The van der Waals surface area contributed by atoms with Crippen molar-refractivity contribution in [1.82, 2.24) is 0 Å². The number of rotatable bonds is 4. The van der Waals surface area contributed by atoms with E-state index < -0.39 is 0 Å². The number of aryl methyl sites for hydroxylation is 2. The zero-order valence-corrected chi connectivity index (χ0v) is 15.7. The zero-order valence-electron chi connectivity index (χ0n) is 15.7. The second-order valence-electron chi connectivity index (χ2n) is 7.53. The Labute approximate surface area is 136 Å². The molecule has 0 spiro atoms. The molecule has 0 atom stereocenters. The van der Waals surface area contributed by atoms with E-state index in [0.717, 1.165) is 6.42 Å². The quantitative estimate of drug-likeness (QED) is 0.565. The smallest absolute Gasteiger partial charge is 0.0117 e. The number of benzene rings is 2. The molecular weight excluding hydrogens is 264 g/mol. The van der Waals surface area contributed by atoms with Gasteiger partial charge in [0, 0.05) is 0 Å². The van der Waals surface area contributed by atoms with E-state index in [1.165, 1.54) is 16.3 Å². The summed E-state index contributed by atoms with van der Waals surface area (Å²) in [7, 11) is 0. The predicted molar refractivity (Wildman–Crippen MR) is 100 cm³/mol. The highest BCUT2D eigenvalue weighted by molar-refractivity contribution is 5.94. The topological polar surface area (TPSA) is 0 Å². The minimum atomic E-state index is 0.560. The van der Waals surface area contributed by atoms with Gasteiger partial charge < -0.3 is 0 Å². The summed E-state index contributed by atoms with van der Waals surface area (Å²) < 4.78 is 0. The van der Waals surface area contributed by atoms with Crippen LogP contribution >= 0.6 is 0 Å². The lowest BCUT2D eigenvalue weighted by Crippen LogP contribution is -2.11. The van der Waals surface area contributed by atoms with E-state index in [2.05, 4.69) is 73.6 Å². The first-order valence-electron chi connectivity index (χ1n) is 8.88. The van der Waals surface area contributed by atoms with Gasteiger partial charge in [-0.15, -0.1) is 0 Å². The van der Waals surface area contributed by atoms with Crippen molar-refractivity contribution in [2.24, 2.45) is 0 Å². The second kappa shape index (κ2) is 6.44. The van der Waals surface area contributed by atoms with E-state index in [9.17, 15) is 0 Å². The fourth-order valence-corrected chi connectivity index (χ4v) is 4.15. The maximum Gasteiger partial charge on any atom is -0.0117 e. The van der Waals surface area contributed by atoms with Crippen LogP contribution in [0.1, 0.15) is 94.0 Å². The highest BCUT2D eigenvalue weighted by Gasteiger charge is 2.24. The first-order chi connectivity index (χ1) is 10.3. The Morgan fingerprint density at radius 3 is 1.77 bits per heavy atom. The molecule has 0 fully saturated rings. The Morgan fingerprint density at radius 1 is 0.773 bits per heavy atom. The van der Waals surface area contributed by atoms with Crippen molar-refractivity contribution in [3.63, 3.8) is 0 Å². The van der Waals surface area contributed by atoms with Crippen LogP contribution in [0, 0.1) is 6.92 Å². The Kier molecular flexibility index (Phi) is 5.00. The molecule has 0 aromatic heterocycles. The Bertz CT molecular complexity index is 672. The molecule has 0 heterocycles. The highest BCUT2D eigenvalue weighted by Crippen LogP contribution is 2.42. The molecule has 0 amide bonds. The minimum absolute atomic E-state index is 0.560. The van der Waals surface area contributed by atoms with Gasteiger partial charge in [0.15, 0.2) is 0 Å². The molecule has 0 unspecified atom stereocenters. The molecule has 0 saturated heterocycles. The molecule has 0 radical (unpaired) electrons. The summed E-state index contributed by atoms with van der Waals surface area (Å²) in [5.41, 5.74) is 7.81. The van der Waals surface area contributed by atoms with Crippen molar-refractivity contribution in [3.05, 3.63) is 46.0 Å². The van der Waals surface area contributed by atoms with Crippen LogP contribution in [0.4, 0.5) is 0 Å². The molecule has 0 aliphatic heterocycles. The molecule has 0 saturated carbocycles. The van der Waals surface area contributed by atoms with Crippen LogP contribution in [0.15, 0.2) is 18.2 Å². The van der Waals surface area contributed by atoms with E-state index in [1.807, 2.05) is 0 Å². The van der Waals surface area contributed by atoms with Crippen molar-refractivity contribution in [2.75, 3.05) is 0 Å². The summed E-state index contributed by atoms with van der Waals surface area (Å²) in [5, 5.41) is 3.00. The predicted octanol–water partition coefficient (Wildman–Crippen LogP) is 7.08. The standard InChI is InChI=1S/C22H32/c1-9-17-19(13(2)3)21(15(6)7)20(14(4)5)18-12-10-11-16(8)22(17)18/h10-15H,9H2,1-8H3. The van der Waals surface area contributed by atoms with Crippen molar-refractivity contribution in [1.29, 1.82) is 0 Å². The van der Waals surface area contributed by atoms with E-state index >= 15 is 0 Å². The Hall–Kier alpha value is -1.30. The largest absolute Gasteiger partial charge is 0.0614 e. The molecule has 0 N–H and O–H groups in total. The molecule has 0 heteroatoms. The van der Waals surface area contributed by atoms with Crippen molar-refractivity contribution >= 4 is 10.8 Å². The summed E-state index contributed by atoms with van der Waals surface area (Å²) in [6.07, 6.45) is 1.12. The van der Waals surface area contributed by atoms with Gasteiger partial charge in [0.05, 0.1) is 0 Å². The van der Waals surface area contributed by atoms with E-state index in [1.54, 1.807) is 22.3 Å². The highest BCUT2D eigenvalue weighted by atomic mass is 14.3. The Morgan fingerprint density at radius 2 is 1.32 bits per heavy atom. The number of hydrogen-bond acceptors (Lipinski definition) is 0. The van der Waals surface area contributed by atoms with Crippen LogP contribution in [-0.2, 0) is 6.42 Å². The van der Waals surface area contributed by atoms with Gasteiger partial charge in [-0.05, 0) is 69.7 Å². The number of hydrogen-bond donors (Lipinski definition) is 0. The first-order valence-corrected chi connectivity index (χ1v) is 8.88. The van der Waals surface area contributed by atoms with Crippen LogP contribution in [0.25, 0.3) is 10.8 Å². The van der Waals surface area contributed by atoms with Gasteiger partial charge in [0.1, 0.15) is 0 Å². The monoisotopic (exact) mass is 296 g/mol. The van der Waals surface area contributed by atoms with Crippen LogP contribution in [0.3, 0.4) is 0 Å².